The van der Waals surface area contributed by atoms with Gasteiger partial charge in [-0.3, -0.25) is 24.2 Å². The van der Waals surface area contributed by atoms with Gasteiger partial charge in [0.1, 0.15) is 12.6 Å². The van der Waals surface area contributed by atoms with Crippen LogP contribution in [-0.2, 0) is 27.2 Å². The van der Waals surface area contributed by atoms with Crippen molar-refractivity contribution in [2.75, 3.05) is 13.1 Å². The number of nitrogens with two attached hydrogens (primary N) is 1. The molecule has 0 spiro atoms. The van der Waals surface area contributed by atoms with Crippen LogP contribution >= 0.6 is 0 Å². The first-order chi connectivity index (χ1) is 15.5. The molecule has 0 radical (unpaired) electrons. The van der Waals surface area contributed by atoms with Crippen molar-refractivity contribution < 1.29 is 14.4 Å². The molecule has 3 atom stereocenters. The molecule has 7 nitrogen and oxygen atoms in total. The van der Waals surface area contributed by atoms with E-state index in [9.17, 15) is 14.4 Å². The summed E-state index contributed by atoms with van der Waals surface area (Å²) in [5.74, 6) is -0.598. The van der Waals surface area contributed by atoms with Gasteiger partial charge < -0.3 is 10.6 Å². The number of benzene rings is 2. The quantitative estimate of drug-likeness (QED) is 0.686. The van der Waals surface area contributed by atoms with Gasteiger partial charge in [-0.15, -0.1) is 0 Å². The fraction of sp³-hybridized carbons (Fsp3) is 0.400. The zero-order valence-corrected chi connectivity index (χ0v) is 18.4. The normalized spacial score (nSPS) is 21.2. The molecule has 2 aromatic rings. The molecular formula is C25H30N4O3. The smallest absolute Gasteiger partial charge is 0.248 e. The lowest BCUT2D eigenvalue weighted by Gasteiger charge is -2.32. The molecule has 2 heterocycles. The second-order valence-electron chi connectivity index (χ2n) is 8.48. The molecule has 4 rings (SSSR count). The molecule has 2 aliphatic heterocycles. The van der Waals surface area contributed by atoms with Gasteiger partial charge in [0.2, 0.25) is 17.7 Å². The molecule has 2 saturated heterocycles. The molecule has 2 N–H and O–H groups in total. The zero-order valence-electron chi connectivity index (χ0n) is 18.4. The van der Waals surface area contributed by atoms with Crippen molar-refractivity contribution in [3.63, 3.8) is 0 Å². The first kappa shape index (κ1) is 22.0. The standard InChI is InChI=1S/C25H30N4O3/c1-2-9-20(26)23(31)28-17-22(30)29-21(16-19-12-7-4-8-13-19)24(32)27(25(28)29)15-14-18-10-5-3-6-11-18/h3-8,10-13,20-21,25H,2,9,14-17,26H2,1H3. The summed E-state index contributed by atoms with van der Waals surface area (Å²) in [6.07, 6.45) is 1.68. The Morgan fingerprint density at radius 3 is 2.28 bits per heavy atom. The lowest BCUT2D eigenvalue weighted by atomic mass is 10.0. The third-order valence-electron chi connectivity index (χ3n) is 6.26. The summed E-state index contributed by atoms with van der Waals surface area (Å²) in [6.45, 7) is 2.35. The highest BCUT2D eigenvalue weighted by molar-refractivity contribution is 5.97. The summed E-state index contributed by atoms with van der Waals surface area (Å²) in [5, 5.41) is 0. The molecule has 2 aliphatic rings. The minimum atomic E-state index is -0.706. The molecule has 0 saturated carbocycles. The zero-order chi connectivity index (χ0) is 22.7. The van der Waals surface area contributed by atoms with E-state index in [0.717, 1.165) is 17.5 Å². The van der Waals surface area contributed by atoms with Crippen LogP contribution in [0.1, 0.15) is 30.9 Å². The van der Waals surface area contributed by atoms with Gasteiger partial charge in [0.05, 0.1) is 6.04 Å². The first-order valence-electron chi connectivity index (χ1n) is 11.3. The molecule has 32 heavy (non-hydrogen) atoms. The Hall–Kier alpha value is -3.19. The summed E-state index contributed by atoms with van der Waals surface area (Å²) >= 11 is 0. The fourth-order valence-electron chi connectivity index (χ4n) is 4.65. The van der Waals surface area contributed by atoms with Gasteiger partial charge in [-0.05, 0) is 24.0 Å². The van der Waals surface area contributed by atoms with Gasteiger partial charge in [-0.25, -0.2) is 0 Å². The summed E-state index contributed by atoms with van der Waals surface area (Å²) in [6, 6.07) is 18.3. The number of rotatable bonds is 8. The summed E-state index contributed by atoms with van der Waals surface area (Å²) in [5.41, 5.74) is 8.20. The van der Waals surface area contributed by atoms with Crippen LogP contribution in [0.4, 0.5) is 0 Å². The van der Waals surface area contributed by atoms with E-state index in [1.807, 2.05) is 67.6 Å². The largest absolute Gasteiger partial charge is 0.320 e. The average Bonchev–Trinajstić information content (AvgIpc) is 3.28. The minimum Gasteiger partial charge on any atom is -0.320 e. The Labute approximate surface area is 188 Å². The second-order valence-corrected chi connectivity index (χ2v) is 8.48. The van der Waals surface area contributed by atoms with E-state index < -0.39 is 18.4 Å². The molecule has 168 valence electrons. The van der Waals surface area contributed by atoms with Crippen molar-refractivity contribution in [1.29, 1.82) is 0 Å². The summed E-state index contributed by atoms with van der Waals surface area (Å²) in [4.78, 5) is 44.4. The first-order valence-corrected chi connectivity index (χ1v) is 11.3. The van der Waals surface area contributed by atoms with Gasteiger partial charge in [0.25, 0.3) is 0 Å². The molecular weight excluding hydrogens is 404 g/mol. The molecule has 0 bridgehead atoms. The number of carbonyl (C=O) groups excluding carboxylic acids is 3. The molecule has 7 heteroatoms. The van der Waals surface area contributed by atoms with Crippen molar-refractivity contribution in [3.8, 4) is 0 Å². The van der Waals surface area contributed by atoms with E-state index in [0.29, 0.717) is 25.8 Å². The number of fused-ring (bicyclic) bond motifs is 1. The van der Waals surface area contributed by atoms with Crippen LogP contribution in [0.5, 0.6) is 0 Å². The molecule has 2 aromatic carbocycles. The van der Waals surface area contributed by atoms with Crippen LogP contribution in [0.3, 0.4) is 0 Å². The topological polar surface area (TPSA) is 87.0 Å². The minimum absolute atomic E-state index is 0.0404. The highest BCUT2D eigenvalue weighted by Crippen LogP contribution is 2.32. The predicted octanol–water partition coefficient (Wildman–Crippen LogP) is 1.76. The summed E-state index contributed by atoms with van der Waals surface area (Å²) in [7, 11) is 0. The van der Waals surface area contributed by atoms with E-state index in [4.69, 9.17) is 5.73 Å². The number of amides is 3. The van der Waals surface area contributed by atoms with Crippen molar-refractivity contribution in [2.24, 2.45) is 5.73 Å². The molecule has 2 fully saturated rings. The van der Waals surface area contributed by atoms with Crippen LogP contribution in [0.2, 0.25) is 0 Å². The maximum Gasteiger partial charge on any atom is 0.248 e. The SMILES string of the molecule is CCCC(N)C(=O)N1CC(=O)N2C(Cc3ccccc3)C(=O)N(CCc3ccccc3)C12. The Morgan fingerprint density at radius 2 is 1.66 bits per heavy atom. The fourth-order valence-corrected chi connectivity index (χ4v) is 4.65. The Balaban J connectivity index is 1.62. The van der Waals surface area contributed by atoms with Gasteiger partial charge in [0, 0.05) is 13.0 Å². The predicted molar refractivity (Wildman–Crippen MR) is 121 cm³/mol. The maximum atomic E-state index is 13.5. The Bertz CT molecular complexity index is 966. The Morgan fingerprint density at radius 1 is 1.03 bits per heavy atom. The van der Waals surface area contributed by atoms with E-state index in [2.05, 4.69) is 0 Å². The van der Waals surface area contributed by atoms with E-state index >= 15 is 0 Å². The monoisotopic (exact) mass is 434 g/mol. The summed E-state index contributed by atoms with van der Waals surface area (Å²) < 4.78 is 0. The lowest BCUT2D eigenvalue weighted by molar-refractivity contribution is -0.142. The second kappa shape index (κ2) is 9.53. The average molecular weight is 435 g/mol. The third kappa shape index (κ3) is 4.25. The van der Waals surface area contributed by atoms with E-state index in [1.165, 1.54) is 4.90 Å². The van der Waals surface area contributed by atoms with Crippen molar-refractivity contribution in [2.45, 2.75) is 51.0 Å². The van der Waals surface area contributed by atoms with Gasteiger partial charge in [-0.2, -0.15) is 0 Å². The van der Waals surface area contributed by atoms with Gasteiger partial charge in [-0.1, -0.05) is 74.0 Å². The number of hydrogen-bond acceptors (Lipinski definition) is 4. The van der Waals surface area contributed by atoms with E-state index in [1.54, 1.807) is 9.80 Å². The third-order valence-corrected chi connectivity index (χ3v) is 6.26. The van der Waals surface area contributed by atoms with Gasteiger partial charge in [0.15, 0.2) is 6.29 Å². The van der Waals surface area contributed by atoms with Crippen molar-refractivity contribution >= 4 is 17.7 Å². The van der Waals surface area contributed by atoms with Crippen molar-refractivity contribution in [3.05, 3.63) is 71.8 Å². The lowest BCUT2D eigenvalue weighted by Crippen LogP contribution is -2.53. The highest BCUT2D eigenvalue weighted by atomic mass is 16.2. The van der Waals surface area contributed by atoms with Gasteiger partial charge >= 0.3 is 0 Å². The van der Waals surface area contributed by atoms with Crippen LogP contribution in [0.15, 0.2) is 60.7 Å². The molecule has 3 unspecified atom stereocenters. The molecule has 0 aliphatic carbocycles. The van der Waals surface area contributed by atoms with Crippen LogP contribution in [0.25, 0.3) is 0 Å². The van der Waals surface area contributed by atoms with Crippen LogP contribution < -0.4 is 5.73 Å². The van der Waals surface area contributed by atoms with E-state index in [-0.39, 0.29) is 24.3 Å². The maximum absolute atomic E-state index is 13.5. The molecule has 3 amide bonds. The highest BCUT2D eigenvalue weighted by Gasteiger charge is 2.56. The van der Waals surface area contributed by atoms with Crippen LogP contribution in [0, 0.1) is 0 Å². The van der Waals surface area contributed by atoms with Crippen molar-refractivity contribution in [1.82, 2.24) is 14.7 Å². The number of nitrogens with zero attached hydrogens (tertiary/aromatic N) is 3. The number of carbonyl (C=O) groups is 3. The van der Waals surface area contributed by atoms with Crippen LogP contribution in [-0.4, -0.2) is 63.9 Å². The molecule has 0 aromatic heterocycles. The number of hydrogen-bond donors (Lipinski definition) is 1. The Kier molecular flexibility index (Phi) is 6.55.